The fourth-order valence-electron chi connectivity index (χ4n) is 0.754. The standard InChI is InChI=1S/C8H6BrIO4S/c1-2-13-15(11,12)14-8-5-6(9)3-4-7(8)10/h2-5H,1H2. The maximum absolute atomic E-state index is 11.1. The summed E-state index contributed by atoms with van der Waals surface area (Å²) in [6, 6.07) is 5.02. The normalized spacial score (nSPS) is 10.8. The van der Waals surface area contributed by atoms with Crippen LogP contribution in [0.1, 0.15) is 0 Å². The van der Waals surface area contributed by atoms with Crippen molar-refractivity contribution >= 4 is 48.9 Å². The Kier molecular flexibility index (Phi) is 4.41. The van der Waals surface area contributed by atoms with Crippen LogP contribution in [-0.2, 0) is 14.6 Å². The van der Waals surface area contributed by atoms with Crippen molar-refractivity contribution in [2.75, 3.05) is 0 Å². The first-order valence-corrected chi connectivity index (χ1v) is 6.84. The average Bonchev–Trinajstić information content (AvgIpc) is 2.10. The Morgan fingerprint density at radius 3 is 2.73 bits per heavy atom. The maximum Gasteiger partial charge on any atom is 0.500 e. The average molecular weight is 405 g/mol. The van der Waals surface area contributed by atoms with Gasteiger partial charge in [-0.2, -0.15) is 0 Å². The van der Waals surface area contributed by atoms with Crippen LogP contribution in [-0.4, -0.2) is 8.42 Å². The van der Waals surface area contributed by atoms with Gasteiger partial charge in [-0.05, 0) is 40.8 Å². The SMILES string of the molecule is C=COS(=O)(=O)Oc1cc(Br)ccc1I. The minimum Gasteiger partial charge on any atom is -0.361 e. The number of hydrogen-bond acceptors (Lipinski definition) is 4. The molecule has 15 heavy (non-hydrogen) atoms. The van der Waals surface area contributed by atoms with Crippen LogP contribution < -0.4 is 4.18 Å². The van der Waals surface area contributed by atoms with Gasteiger partial charge >= 0.3 is 10.4 Å². The molecule has 0 spiro atoms. The molecule has 0 bridgehead atoms. The van der Waals surface area contributed by atoms with Crippen LogP contribution in [0.5, 0.6) is 5.75 Å². The third kappa shape index (κ3) is 3.99. The van der Waals surface area contributed by atoms with Crippen molar-refractivity contribution < 1.29 is 16.8 Å². The highest BCUT2D eigenvalue weighted by Crippen LogP contribution is 2.26. The lowest BCUT2D eigenvalue weighted by atomic mass is 10.3. The Hall–Kier alpha value is -0.280. The van der Waals surface area contributed by atoms with Crippen LogP contribution in [0.4, 0.5) is 0 Å². The van der Waals surface area contributed by atoms with E-state index in [1.165, 1.54) is 6.07 Å². The van der Waals surface area contributed by atoms with E-state index >= 15 is 0 Å². The number of benzene rings is 1. The molecule has 1 rings (SSSR count). The van der Waals surface area contributed by atoms with Crippen LogP contribution in [0.25, 0.3) is 0 Å². The summed E-state index contributed by atoms with van der Waals surface area (Å²) in [5, 5.41) is 0. The lowest BCUT2D eigenvalue weighted by molar-refractivity contribution is 0.362. The number of halogens is 2. The van der Waals surface area contributed by atoms with Crippen molar-refractivity contribution in [3.05, 3.63) is 39.1 Å². The second-order valence-electron chi connectivity index (χ2n) is 2.33. The topological polar surface area (TPSA) is 52.6 Å². The smallest absolute Gasteiger partial charge is 0.361 e. The van der Waals surface area contributed by atoms with Crippen molar-refractivity contribution in [2.24, 2.45) is 0 Å². The molecule has 0 saturated heterocycles. The van der Waals surface area contributed by atoms with Crippen LogP contribution in [0.15, 0.2) is 35.5 Å². The maximum atomic E-state index is 11.1. The first-order chi connectivity index (χ1) is 6.94. The highest BCUT2D eigenvalue weighted by molar-refractivity contribution is 14.1. The van der Waals surface area contributed by atoms with Crippen molar-refractivity contribution in [2.45, 2.75) is 0 Å². The zero-order valence-electron chi connectivity index (χ0n) is 7.31. The van der Waals surface area contributed by atoms with E-state index in [9.17, 15) is 8.42 Å². The van der Waals surface area contributed by atoms with Gasteiger partial charge in [0.2, 0.25) is 0 Å². The van der Waals surface area contributed by atoms with E-state index < -0.39 is 10.4 Å². The van der Waals surface area contributed by atoms with E-state index in [0.29, 0.717) is 8.04 Å². The molecule has 0 aliphatic rings. The minimum atomic E-state index is -4.07. The third-order valence-corrected chi connectivity index (χ3v) is 3.41. The van der Waals surface area contributed by atoms with Crippen LogP contribution in [0.2, 0.25) is 0 Å². The molecule has 0 heterocycles. The molecule has 0 atom stereocenters. The molecule has 1 aromatic carbocycles. The highest BCUT2D eigenvalue weighted by Gasteiger charge is 2.14. The van der Waals surface area contributed by atoms with Gasteiger partial charge in [0.1, 0.15) is 6.26 Å². The van der Waals surface area contributed by atoms with Crippen LogP contribution in [0.3, 0.4) is 0 Å². The van der Waals surface area contributed by atoms with Gasteiger partial charge in [-0.3, -0.25) is 0 Å². The molecule has 7 heteroatoms. The third-order valence-electron chi connectivity index (χ3n) is 1.27. The predicted molar refractivity (Wildman–Crippen MR) is 67.7 cm³/mol. The molecule has 0 N–H and O–H groups in total. The summed E-state index contributed by atoms with van der Waals surface area (Å²) in [4.78, 5) is 0. The van der Waals surface area contributed by atoms with E-state index in [2.05, 4.69) is 26.7 Å². The first kappa shape index (κ1) is 12.8. The van der Waals surface area contributed by atoms with Gasteiger partial charge in [0.05, 0.1) is 3.57 Å². The van der Waals surface area contributed by atoms with Crippen LogP contribution >= 0.6 is 38.5 Å². The van der Waals surface area contributed by atoms with Gasteiger partial charge in [-0.1, -0.05) is 22.5 Å². The molecule has 1 aromatic rings. The quantitative estimate of drug-likeness (QED) is 0.572. The summed E-state index contributed by atoms with van der Waals surface area (Å²) >= 11 is 5.16. The lowest BCUT2D eigenvalue weighted by Gasteiger charge is -2.06. The molecule has 0 aliphatic carbocycles. The summed E-state index contributed by atoms with van der Waals surface area (Å²) in [6.07, 6.45) is 0.792. The second kappa shape index (κ2) is 5.17. The van der Waals surface area contributed by atoms with Gasteiger partial charge in [-0.25, -0.2) is 0 Å². The zero-order chi connectivity index (χ0) is 11.5. The predicted octanol–water partition coefficient (Wildman–Crippen LogP) is 2.84. The molecular formula is C8H6BrIO4S. The summed E-state index contributed by atoms with van der Waals surface area (Å²) in [5.41, 5.74) is 0. The number of hydrogen-bond donors (Lipinski definition) is 0. The Labute approximate surface area is 110 Å². The van der Waals surface area contributed by atoms with Gasteiger partial charge < -0.3 is 8.37 Å². The van der Waals surface area contributed by atoms with Crippen molar-refractivity contribution in [1.82, 2.24) is 0 Å². The summed E-state index contributed by atoms with van der Waals surface area (Å²) in [6.45, 7) is 3.13. The lowest BCUT2D eigenvalue weighted by Crippen LogP contribution is -2.10. The Morgan fingerprint density at radius 2 is 2.13 bits per heavy atom. The van der Waals surface area contributed by atoms with Gasteiger partial charge in [0, 0.05) is 4.47 Å². The molecule has 0 fully saturated rings. The van der Waals surface area contributed by atoms with E-state index in [1.54, 1.807) is 12.1 Å². The van der Waals surface area contributed by atoms with Gasteiger partial charge in [0.25, 0.3) is 0 Å². The van der Waals surface area contributed by atoms with Gasteiger partial charge in [0.15, 0.2) is 5.75 Å². The summed E-state index contributed by atoms with van der Waals surface area (Å²) < 4.78 is 32.6. The monoisotopic (exact) mass is 404 g/mol. The van der Waals surface area contributed by atoms with Crippen molar-refractivity contribution in [3.8, 4) is 5.75 Å². The van der Waals surface area contributed by atoms with E-state index in [1.807, 2.05) is 22.6 Å². The second-order valence-corrected chi connectivity index (χ2v) is 5.58. The fourth-order valence-corrected chi connectivity index (χ4v) is 2.25. The zero-order valence-corrected chi connectivity index (χ0v) is 11.9. The highest BCUT2D eigenvalue weighted by atomic mass is 127. The van der Waals surface area contributed by atoms with E-state index in [-0.39, 0.29) is 5.75 Å². The molecule has 82 valence electrons. The molecule has 0 amide bonds. The van der Waals surface area contributed by atoms with Gasteiger partial charge in [-0.15, -0.1) is 8.42 Å². The number of rotatable bonds is 4. The largest absolute Gasteiger partial charge is 0.500 e. The van der Waals surface area contributed by atoms with E-state index in [0.717, 1.165) is 6.26 Å². The molecule has 0 aliphatic heterocycles. The Balaban J connectivity index is 2.99. The molecule has 0 radical (unpaired) electrons. The Morgan fingerprint density at radius 1 is 1.47 bits per heavy atom. The van der Waals surface area contributed by atoms with E-state index in [4.69, 9.17) is 4.18 Å². The van der Waals surface area contributed by atoms with Crippen molar-refractivity contribution in [3.63, 3.8) is 0 Å². The molecular weight excluding hydrogens is 399 g/mol. The van der Waals surface area contributed by atoms with Crippen molar-refractivity contribution in [1.29, 1.82) is 0 Å². The molecule has 0 aromatic heterocycles. The summed E-state index contributed by atoms with van der Waals surface area (Å²) in [5.74, 6) is 0.201. The molecule has 4 nitrogen and oxygen atoms in total. The minimum absolute atomic E-state index is 0.201. The summed E-state index contributed by atoms with van der Waals surface area (Å²) in [7, 11) is -4.07. The Bertz CT molecular complexity index is 472. The fraction of sp³-hybridized carbons (Fsp3) is 0. The van der Waals surface area contributed by atoms with Crippen LogP contribution in [0, 0.1) is 3.57 Å². The first-order valence-electron chi connectivity index (χ1n) is 3.63. The molecule has 0 unspecified atom stereocenters. The molecule has 0 saturated carbocycles.